The van der Waals surface area contributed by atoms with Gasteiger partial charge in [-0.2, -0.15) is 0 Å². The SMILES string of the molecule is CCC(C)N(CC(=O)O)C(=O)c1ccc(SCc2csc(C)n2)cc1. The van der Waals surface area contributed by atoms with Crippen LogP contribution in [-0.2, 0) is 10.5 Å². The predicted molar refractivity (Wildman–Crippen MR) is 101 cm³/mol. The maximum absolute atomic E-state index is 12.6. The van der Waals surface area contributed by atoms with Gasteiger partial charge in [0.05, 0.1) is 10.7 Å². The van der Waals surface area contributed by atoms with Crippen LogP contribution in [0.3, 0.4) is 0 Å². The van der Waals surface area contributed by atoms with Crippen molar-refractivity contribution in [2.75, 3.05) is 6.54 Å². The number of hydrogen-bond acceptors (Lipinski definition) is 5. The molecule has 0 spiro atoms. The lowest BCUT2D eigenvalue weighted by Gasteiger charge is -2.27. The zero-order valence-corrected chi connectivity index (χ0v) is 16.2. The van der Waals surface area contributed by atoms with Crippen molar-refractivity contribution >= 4 is 35.0 Å². The topological polar surface area (TPSA) is 70.5 Å². The first-order valence-corrected chi connectivity index (χ1v) is 9.93. The zero-order chi connectivity index (χ0) is 18.4. The van der Waals surface area contributed by atoms with Crippen LogP contribution in [0.1, 0.15) is 41.3 Å². The number of benzene rings is 1. The van der Waals surface area contributed by atoms with E-state index in [9.17, 15) is 9.59 Å². The summed E-state index contributed by atoms with van der Waals surface area (Å²) in [6.45, 7) is 5.50. The Hall–Kier alpha value is -1.86. The maximum atomic E-state index is 12.6. The van der Waals surface area contributed by atoms with E-state index in [0.717, 1.165) is 21.3 Å². The Labute approximate surface area is 156 Å². The number of aliphatic carboxylic acids is 1. The molecule has 25 heavy (non-hydrogen) atoms. The number of aromatic nitrogens is 1. The van der Waals surface area contributed by atoms with Crippen LogP contribution in [0.4, 0.5) is 0 Å². The monoisotopic (exact) mass is 378 g/mol. The predicted octanol–water partition coefficient (Wildman–Crippen LogP) is 4.07. The molecule has 0 aliphatic heterocycles. The highest BCUT2D eigenvalue weighted by Gasteiger charge is 2.22. The van der Waals surface area contributed by atoms with Crippen molar-refractivity contribution in [2.45, 2.75) is 43.9 Å². The van der Waals surface area contributed by atoms with Gasteiger partial charge in [-0.1, -0.05) is 6.92 Å². The van der Waals surface area contributed by atoms with E-state index >= 15 is 0 Å². The molecular weight excluding hydrogens is 356 g/mol. The fourth-order valence-corrected chi connectivity index (χ4v) is 3.79. The molecule has 1 heterocycles. The van der Waals surface area contributed by atoms with Crippen LogP contribution >= 0.6 is 23.1 Å². The number of amides is 1. The molecule has 0 aliphatic rings. The summed E-state index contributed by atoms with van der Waals surface area (Å²) in [4.78, 5) is 30.5. The van der Waals surface area contributed by atoms with Gasteiger partial charge < -0.3 is 10.0 Å². The number of thioether (sulfide) groups is 1. The average Bonchev–Trinajstić information content (AvgIpc) is 3.02. The lowest BCUT2D eigenvalue weighted by Crippen LogP contribution is -2.41. The highest BCUT2D eigenvalue weighted by molar-refractivity contribution is 7.98. The largest absolute Gasteiger partial charge is 0.480 e. The molecule has 0 fully saturated rings. The van der Waals surface area contributed by atoms with Crippen molar-refractivity contribution in [1.82, 2.24) is 9.88 Å². The third-order valence-corrected chi connectivity index (χ3v) is 5.71. The van der Waals surface area contributed by atoms with Gasteiger partial charge in [-0.3, -0.25) is 9.59 Å². The Kier molecular flexibility index (Phi) is 7.01. The van der Waals surface area contributed by atoms with E-state index in [-0.39, 0.29) is 18.5 Å². The van der Waals surface area contributed by atoms with Crippen LogP contribution in [0.2, 0.25) is 0 Å². The van der Waals surface area contributed by atoms with Crippen LogP contribution in [0.25, 0.3) is 0 Å². The molecular formula is C18H22N2O3S2. The second kappa shape index (κ2) is 9.01. The van der Waals surface area contributed by atoms with Gasteiger partial charge >= 0.3 is 5.97 Å². The van der Waals surface area contributed by atoms with Gasteiger partial charge in [-0.05, 0) is 44.5 Å². The number of aryl methyl sites for hydroxylation is 1. The highest BCUT2D eigenvalue weighted by atomic mass is 32.2. The summed E-state index contributed by atoms with van der Waals surface area (Å²) in [5.41, 5.74) is 1.56. The zero-order valence-electron chi connectivity index (χ0n) is 14.6. The third-order valence-electron chi connectivity index (χ3n) is 3.84. The fraction of sp³-hybridized carbons (Fsp3) is 0.389. The molecule has 2 aromatic rings. The molecule has 1 atom stereocenters. The van der Waals surface area contributed by atoms with E-state index in [2.05, 4.69) is 10.4 Å². The summed E-state index contributed by atoms with van der Waals surface area (Å²) in [7, 11) is 0. The van der Waals surface area contributed by atoms with E-state index < -0.39 is 5.97 Å². The van der Waals surface area contributed by atoms with Crippen molar-refractivity contribution < 1.29 is 14.7 Å². The van der Waals surface area contributed by atoms with Gasteiger partial charge in [0.15, 0.2) is 0 Å². The van der Waals surface area contributed by atoms with Crippen LogP contribution in [0.5, 0.6) is 0 Å². The molecule has 0 saturated heterocycles. The van der Waals surface area contributed by atoms with Crippen molar-refractivity contribution in [2.24, 2.45) is 0 Å². The minimum atomic E-state index is -1.00. The Morgan fingerprint density at radius 2 is 2.00 bits per heavy atom. The lowest BCUT2D eigenvalue weighted by atomic mass is 10.1. The number of carboxylic acids is 1. The number of carboxylic acid groups (broad SMARTS) is 1. The number of hydrogen-bond donors (Lipinski definition) is 1. The summed E-state index contributed by atoms with van der Waals surface area (Å²) < 4.78 is 0. The van der Waals surface area contributed by atoms with Gasteiger partial charge in [0, 0.05) is 27.6 Å². The number of rotatable bonds is 8. The molecule has 1 aromatic carbocycles. The van der Waals surface area contributed by atoms with Crippen molar-refractivity contribution in [3.63, 3.8) is 0 Å². The smallest absolute Gasteiger partial charge is 0.323 e. The number of nitrogens with zero attached hydrogens (tertiary/aromatic N) is 2. The van der Waals surface area contributed by atoms with E-state index in [1.807, 2.05) is 32.9 Å². The molecule has 134 valence electrons. The Morgan fingerprint density at radius 1 is 1.32 bits per heavy atom. The van der Waals surface area contributed by atoms with Crippen molar-refractivity contribution in [3.05, 3.63) is 45.9 Å². The summed E-state index contributed by atoms with van der Waals surface area (Å²) in [6.07, 6.45) is 0.708. The van der Waals surface area contributed by atoms with Gasteiger partial charge in [0.2, 0.25) is 0 Å². The van der Waals surface area contributed by atoms with Crippen LogP contribution in [0.15, 0.2) is 34.5 Å². The fourth-order valence-electron chi connectivity index (χ4n) is 2.29. The molecule has 1 amide bonds. The van der Waals surface area contributed by atoms with Crippen molar-refractivity contribution in [3.8, 4) is 0 Å². The Balaban J connectivity index is 2.03. The Bertz CT molecular complexity index is 728. The minimum absolute atomic E-state index is 0.120. The molecule has 0 bridgehead atoms. The number of carbonyl (C=O) groups excluding carboxylic acids is 1. The summed E-state index contributed by atoms with van der Waals surface area (Å²) in [6, 6.07) is 7.19. The second-order valence-electron chi connectivity index (χ2n) is 5.75. The first-order chi connectivity index (χ1) is 11.9. The minimum Gasteiger partial charge on any atom is -0.480 e. The lowest BCUT2D eigenvalue weighted by molar-refractivity contribution is -0.138. The number of thiazole rings is 1. The standard InChI is InChI=1S/C18H22N2O3S2/c1-4-12(2)20(9-17(21)22)18(23)14-5-7-16(8-6-14)25-11-15-10-24-13(3)19-15/h5-8,10,12H,4,9,11H2,1-3H3,(H,21,22). The Morgan fingerprint density at radius 3 is 2.52 bits per heavy atom. The van der Waals surface area contributed by atoms with Crippen LogP contribution in [0, 0.1) is 6.92 Å². The molecule has 1 aromatic heterocycles. The first-order valence-electron chi connectivity index (χ1n) is 8.07. The van der Waals surface area contributed by atoms with E-state index in [1.165, 1.54) is 4.90 Å². The third kappa shape index (κ3) is 5.57. The molecule has 1 unspecified atom stereocenters. The van der Waals surface area contributed by atoms with Gasteiger partial charge in [-0.15, -0.1) is 23.1 Å². The first kappa shape index (κ1) is 19.5. The van der Waals surface area contributed by atoms with Gasteiger partial charge in [-0.25, -0.2) is 4.98 Å². The second-order valence-corrected chi connectivity index (χ2v) is 7.87. The van der Waals surface area contributed by atoms with E-state index in [0.29, 0.717) is 12.0 Å². The summed E-state index contributed by atoms with van der Waals surface area (Å²) >= 11 is 3.30. The normalized spacial score (nSPS) is 12.0. The molecule has 0 aliphatic carbocycles. The van der Waals surface area contributed by atoms with Gasteiger partial charge in [0.1, 0.15) is 6.54 Å². The summed E-state index contributed by atoms with van der Waals surface area (Å²) in [5, 5.41) is 12.2. The van der Waals surface area contributed by atoms with Crippen molar-refractivity contribution in [1.29, 1.82) is 0 Å². The summed E-state index contributed by atoms with van der Waals surface area (Å²) in [5.74, 6) is -0.460. The molecule has 0 saturated carbocycles. The van der Waals surface area contributed by atoms with Crippen LogP contribution in [-0.4, -0.2) is 39.5 Å². The number of carbonyl (C=O) groups is 2. The van der Waals surface area contributed by atoms with E-state index in [4.69, 9.17) is 5.11 Å². The maximum Gasteiger partial charge on any atom is 0.323 e. The molecule has 2 rings (SSSR count). The average molecular weight is 379 g/mol. The van der Waals surface area contributed by atoms with E-state index in [1.54, 1.807) is 35.2 Å². The van der Waals surface area contributed by atoms with Crippen LogP contribution < -0.4 is 0 Å². The molecule has 5 nitrogen and oxygen atoms in total. The molecule has 1 N–H and O–H groups in total. The quantitative estimate of drug-likeness (QED) is 0.701. The molecule has 0 radical (unpaired) electrons. The van der Waals surface area contributed by atoms with Gasteiger partial charge in [0.25, 0.3) is 5.91 Å². The molecule has 7 heteroatoms. The highest BCUT2D eigenvalue weighted by Crippen LogP contribution is 2.24.